The van der Waals surface area contributed by atoms with Gasteiger partial charge in [0.05, 0.1) is 3.57 Å². The molecule has 0 radical (unpaired) electrons. The summed E-state index contributed by atoms with van der Waals surface area (Å²) in [5.41, 5.74) is 1.50. The van der Waals surface area contributed by atoms with E-state index in [4.69, 9.17) is 4.74 Å². The molecule has 1 saturated carbocycles. The van der Waals surface area contributed by atoms with Gasteiger partial charge >= 0.3 is 0 Å². The van der Waals surface area contributed by atoms with Crippen LogP contribution in [0.25, 0.3) is 0 Å². The molecule has 0 bridgehead atoms. The van der Waals surface area contributed by atoms with Crippen LogP contribution in [-0.2, 0) is 6.61 Å². The lowest BCUT2D eigenvalue weighted by atomic mass is 9.88. The second-order valence-corrected chi connectivity index (χ2v) is 7.02. The molecular weight excluding hydrogens is 427 g/mol. The summed E-state index contributed by atoms with van der Waals surface area (Å²) in [5.74, 6) is -2.28. The Morgan fingerprint density at radius 1 is 1.21 bits per heavy atom. The summed E-state index contributed by atoms with van der Waals surface area (Å²) in [4.78, 5) is 12.1. The summed E-state index contributed by atoms with van der Waals surface area (Å²) < 4.78 is 32.2. The lowest BCUT2D eigenvalue weighted by molar-refractivity contribution is -0.0901. The Kier molecular flexibility index (Phi) is 5.03. The van der Waals surface area contributed by atoms with E-state index >= 15 is 0 Å². The number of hydrogen-bond acceptors (Lipinski definition) is 2. The minimum absolute atomic E-state index is 0.284. The summed E-state index contributed by atoms with van der Waals surface area (Å²) in [6, 6.07) is 14.4. The van der Waals surface area contributed by atoms with Crippen molar-refractivity contribution < 1.29 is 18.3 Å². The SMILES string of the molecule is O=C(NC1CC(F)(F)C1)c1ccc(OCc2ccccc2)c(I)c1. The molecular formula is C18H16F2INO2. The number of ether oxygens (including phenoxy) is 1. The monoisotopic (exact) mass is 443 g/mol. The highest BCUT2D eigenvalue weighted by molar-refractivity contribution is 14.1. The number of carbonyl (C=O) groups excluding carboxylic acids is 1. The van der Waals surface area contributed by atoms with Crippen molar-refractivity contribution in [2.75, 3.05) is 0 Å². The topological polar surface area (TPSA) is 38.3 Å². The van der Waals surface area contributed by atoms with Crippen LogP contribution >= 0.6 is 22.6 Å². The summed E-state index contributed by atoms with van der Waals surface area (Å²) in [5, 5.41) is 2.63. The van der Waals surface area contributed by atoms with Crippen LogP contribution in [0.15, 0.2) is 48.5 Å². The van der Waals surface area contributed by atoms with Crippen LogP contribution in [-0.4, -0.2) is 17.9 Å². The number of rotatable bonds is 5. The molecule has 2 aromatic carbocycles. The van der Waals surface area contributed by atoms with E-state index in [1.54, 1.807) is 18.2 Å². The molecule has 0 aromatic heterocycles. The van der Waals surface area contributed by atoms with Crippen LogP contribution in [0.2, 0.25) is 0 Å². The van der Waals surface area contributed by atoms with Crippen molar-refractivity contribution in [1.82, 2.24) is 5.32 Å². The summed E-state index contributed by atoms with van der Waals surface area (Å²) in [6.45, 7) is 0.444. The van der Waals surface area contributed by atoms with Crippen LogP contribution in [0.1, 0.15) is 28.8 Å². The highest BCUT2D eigenvalue weighted by Gasteiger charge is 2.45. The molecule has 1 amide bonds. The molecule has 1 N–H and O–H groups in total. The lowest BCUT2D eigenvalue weighted by Crippen LogP contribution is -2.50. The van der Waals surface area contributed by atoms with E-state index in [0.29, 0.717) is 17.9 Å². The molecule has 0 heterocycles. The first-order valence-electron chi connectivity index (χ1n) is 7.58. The first kappa shape index (κ1) is 17.1. The zero-order chi connectivity index (χ0) is 17.2. The Balaban J connectivity index is 1.59. The lowest BCUT2D eigenvalue weighted by Gasteiger charge is -2.35. The van der Waals surface area contributed by atoms with Crippen LogP contribution < -0.4 is 10.1 Å². The zero-order valence-electron chi connectivity index (χ0n) is 12.8. The van der Waals surface area contributed by atoms with Crippen molar-refractivity contribution >= 4 is 28.5 Å². The quantitative estimate of drug-likeness (QED) is 0.697. The molecule has 1 fully saturated rings. The Hall–Kier alpha value is -1.70. The van der Waals surface area contributed by atoms with Gasteiger partial charge in [-0.2, -0.15) is 0 Å². The fourth-order valence-corrected chi connectivity index (χ4v) is 3.20. The molecule has 3 nitrogen and oxygen atoms in total. The maximum atomic E-state index is 12.8. The van der Waals surface area contributed by atoms with Gasteiger partial charge in [-0.15, -0.1) is 0 Å². The van der Waals surface area contributed by atoms with Crippen molar-refractivity contribution in [3.8, 4) is 5.75 Å². The predicted molar refractivity (Wildman–Crippen MR) is 95.4 cm³/mol. The molecule has 1 aliphatic rings. The largest absolute Gasteiger partial charge is 0.488 e. The summed E-state index contributed by atoms with van der Waals surface area (Å²) >= 11 is 2.10. The number of benzene rings is 2. The van der Waals surface area contributed by atoms with E-state index in [1.165, 1.54) is 0 Å². The van der Waals surface area contributed by atoms with Crippen molar-refractivity contribution in [1.29, 1.82) is 0 Å². The number of hydrogen-bond donors (Lipinski definition) is 1. The van der Waals surface area contributed by atoms with Crippen LogP contribution in [0.4, 0.5) is 8.78 Å². The number of amides is 1. The fraction of sp³-hybridized carbons (Fsp3) is 0.278. The first-order valence-corrected chi connectivity index (χ1v) is 8.66. The second-order valence-electron chi connectivity index (χ2n) is 5.85. The Bertz CT molecular complexity index is 729. The van der Waals surface area contributed by atoms with E-state index in [0.717, 1.165) is 9.13 Å². The van der Waals surface area contributed by atoms with Gasteiger partial charge in [0.1, 0.15) is 12.4 Å². The molecule has 0 spiro atoms. The van der Waals surface area contributed by atoms with E-state index in [2.05, 4.69) is 27.9 Å². The molecule has 3 rings (SSSR count). The van der Waals surface area contributed by atoms with Gasteiger partial charge < -0.3 is 10.1 Å². The Morgan fingerprint density at radius 2 is 1.92 bits per heavy atom. The molecule has 126 valence electrons. The standard InChI is InChI=1S/C18H16F2INO2/c19-18(20)9-14(10-18)22-17(23)13-6-7-16(15(21)8-13)24-11-12-4-2-1-3-5-12/h1-8,14H,9-11H2,(H,22,23). The zero-order valence-corrected chi connectivity index (χ0v) is 14.9. The van der Waals surface area contributed by atoms with Crippen molar-refractivity contribution in [2.45, 2.75) is 31.4 Å². The number of halogens is 3. The van der Waals surface area contributed by atoms with Crippen LogP contribution in [0.3, 0.4) is 0 Å². The van der Waals surface area contributed by atoms with Crippen LogP contribution in [0.5, 0.6) is 5.75 Å². The van der Waals surface area contributed by atoms with Gasteiger partial charge in [0.2, 0.25) is 0 Å². The first-order chi connectivity index (χ1) is 11.4. The van der Waals surface area contributed by atoms with E-state index in [-0.39, 0.29) is 18.7 Å². The van der Waals surface area contributed by atoms with Crippen LogP contribution in [0, 0.1) is 3.57 Å². The second kappa shape index (κ2) is 7.04. The maximum absolute atomic E-state index is 12.8. The minimum atomic E-state index is -2.64. The molecule has 0 saturated heterocycles. The molecule has 2 aromatic rings. The van der Waals surface area contributed by atoms with Crippen molar-refractivity contribution in [2.24, 2.45) is 0 Å². The minimum Gasteiger partial charge on any atom is -0.488 e. The molecule has 6 heteroatoms. The smallest absolute Gasteiger partial charge is 0.252 e. The van der Waals surface area contributed by atoms with Crippen molar-refractivity contribution in [3.63, 3.8) is 0 Å². The highest BCUT2D eigenvalue weighted by atomic mass is 127. The molecule has 24 heavy (non-hydrogen) atoms. The maximum Gasteiger partial charge on any atom is 0.252 e. The van der Waals surface area contributed by atoms with Gasteiger partial charge in [0.15, 0.2) is 0 Å². The fourth-order valence-electron chi connectivity index (χ4n) is 2.53. The van der Waals surface area contributed by atoms with Gasteiger partial charge in [0.25, 0.3) is 11.8 Å². The van der Waals surface area contributed by atoms with Gasteiger partial charge in [-0.25, -0.2) is 8.78 Å². The van der Waals surface area contributed by atoms with Crippen molar-refractivity contribution in [3.05, 3.63) is 63.2 Å². The van der Waals surface area contributed by atoms with Gasteiger partial charge in [-0.1, -0.05) is 30.3 Å². The van der Waals surface area contributed by atoms with E-state index in [1.807, 2.05) is 30.3 Å². The molecule has 0 atom stereocenters. The van der Waals surface area contributed by atoms with Gasteiger partial charge in [-0.3, -0.25) is 4.79 Å². The third-order valence-corrected chi connectivity index (χ3v) is 4.70. The molecule has 1 aliphatic carbocycles. The summed E-state index contributed by atoms with van der Waals surface area (Å²) in [7, 11) is 0. The number of carbonyl (C=O) groups is 1. The summed E-state index contributed by atoms with van der Waals surface area (Å²) in [6.07, 6.45) is -0.567. The normalized spacial score (nSPS) is 16.3. The van der Waals surface area contributed by atoms with Gasteiger partial charge in [-0.05, 0) is 46.4 Å². The third kappa shape index (κ3) is 4.23. The molecule has 0 unspecified atom stereocenters. The predicted octanol–water partition coefficient (Wildman–Crippen LogP) is 4.40. The number of nitrogens with one attached hydrogen (secondary N) is 1. The van der Waals surface area contributed by atoms with Gasteiger partial charge in [0, 0.05) is 24.4 Å². The van der Waals surface area contributed by atoms with E-state index in [9.17, 15) is 13.6 Å². The van der Waals surface area contributed by atoms with E-state index < -0.39 is 12.0 Å². The average molecular weight is 443 g/mol. The Morgan fingerprint density at radius 3 is 2.54 bits per heavy atom. The highest BCUT2D eigenvalue weighted by Crippen LogP contribution is 2.37. The Labute approximate surface area is 152 Å². The third-order valence-electron chi connectivity index (χ3n) is 3.86. The average Bonchev–Trinajstić information content (AvgIpc) is 2.53. The number of alkyl halides is 2. The molecule has 0 aliphatic heterocycles.